The van der Waals surface area contributed by atoms with Crippen molar-refractivity contribution in [3.05, 3.63) is 0 Å². The molecule has 0 unspecified atom stereocenters. The topological polar surface area (TPSA) is 75.3 Å². The van der Waals surface area contributed by atoms with Gasteiger partial charge < -0.3 is 10.6 Å². The third kappa shape index (κ3) is 5.48. The van der Waals surface area contributed by atoms with Crippen molar-refractivity contribution in [3.8, 4) is 0 Å². The molecule has 19 heavy (non-hydrogen) atoms. The van der Waals surface area contributed by atoms with Gasteiger partial charge in [0.15, 0.2) is 9.84 Å². The van der Waals surface area contributed by atoms with Crippen LogP contribution in [0.3, 0.4) is 0 Å². The molecule has 0 radical (unpaired) electrons. The van der Waals surface area contributed by atoms with Gasteiger partial charge in [-0.2, -0.15) is 0 Å². The molecule has 0 spiro atoms. The average Bonchev–Trinajstić information content (AvgIpc) is 2.39. The zero-order valence-corrected chi connectivity index (χ0v) is 12.8. The first kappa shape index (κ1) is 16.4. The summed E-state index contributed by atoms with van der Waals surface area (Å²) in [4.78, 5) is 11.9. The van der Waals surface area contributed by atoms with Gasteiger partial charge in [-0.3, -0.25) is 4.79 Å². The molecule has 2 N–H and O–H groups in total. The van der Waals surface area contributed by atoms with Gasteiger partial charge >= 0.3 is 0 Å². The Bertz CT molecular complexity index is 387. The molecule has 0 aromatic rings. The van der Waals surface area contributed by atoms with Crippen molar-refractivity contribution in [1.29, 1.82) is 0 Å². The van der Waals surface area contributed by atoms with Crippen molar-refractivity contribution in [2.24, 2.45) is 0 Å². The van der Waals surface area contributed by atoms with Gasteiger partial charge in [-0.05, 0) is 19.9 Å². The molecule has 5 nitrogen and oxygen atoms in total. The number of carbonyl (C=O) groups excluding carboxylic acids is 1. The summed E-state index contributed by atoms with van der Waals surface area (Å²) in [6.07, 6.45) is 6.01. The van der Waals surface area contributed by atoms with Crippen molar-refractivity contribution in [3.63, 3.8) is 0 Å². The van der Waals surface area contributed by atoms with Crippen molar-refractivity contribution >= 4 is 15.7 Å². The monoisotopic (exact) mass is 290 g/mol. The minimum Gasteiger partial charge on any atom is -0.355 e. The highest BCUT2D eigenvalue weighted by molar-refractivity contribution is 7.91. The van der Waals surface area contributed by atoms with Crippen LogP contribution in [0.5, 0.6) is 0 Å². The number of nitrogens with one attached hydrogen (secondary N) is 2. The predicted molar refractivity (Wildman–Crippen MR) is 76.8 cm³/mol. The molecule has 112 valence electrons. The van der Waals surface area contributed by atoms with Crippen LogP contribution in [0.15, 0.2) is 0 Å². The maximum atomic E-state index is 11.9. The Labute approximate surface area is 116 Å². The van der Waals surface area contributed by atoms with E-state index in [1.54, 1.807) is 6.92 Å². The SMILES string of the molecule is CCS(=O)(=O)CCNC(=O)CC1(NC)CCCCC1. The van der Waals surface area contributed by atoms with E-state index in [9.17, 15) is 13.2 Å². The van der Waals surface area contributed by atoms with Crippen LogP contribution >= 0.6 is 0 Å². The number of hydrogen-bond donors (Lipinski definition) is 2. The standard InChI is InChI=1S/C13H26N2O3S/c1-3-19(17,18)10-9-15-12(16)11-13(14-2)7-5-4-6-8-13/h14H,3-11H2,1-2H3,(H,15,16). The number of rotatable bonds is 7. The molecular formula is C13H26N2O3S. The summed E-state index contributed by atoms with van der Waals surface area (Å²) in [6, 6.07) is 0. The van der Waals surface area contributed by atoms with Crippen LogP contribution in [0.1, 0.15) is 45.4 Å². The van der Waals surface area contributed by atoms with Crippen LogP contribution in [0.25, 0.3) is 0 Å². The van der Waals surface area contributed by atoms with Gasteiger partial charge in [0, 0.05) is 24.3 Å². The first-order valence-corrected chi connectivity index (χ1v) is 8.91. The van der Waals surface area contributed by atoms with Crippen molar-refractivity contribution in [2.75, 3.05) is 25.1 Å². The van der Waals surface area contributed by atoms with Crippen LogP contribution < -0.4 is 10.6 Å². The first-order valence-electron chi connectivity index (χ1n) is 7.09. The van der Waals surface area contributed by atoms with E-state index >= 15 is 0 Å². The molecular weight excluding hydrogens is 264 g/mol. The second-order valence-electron chi connectivity index (χ2n) is 5.35. The van der Waals surface area contributed by atoms with Gasteiger partial charge in [0.2, 0.25) is 5.91 Å². The Morgan fingerprint density at radius 2 is 1.84 bits per heavy atom. The molecule has 1 fully saturated rings. The van der Waals surface area contributed by atoms with Gasteiger partial charge in [0.25, 0.3) is 0 Å². The highest BCUT2D eigenvalue weighted by Gasteiger charge is 2.32. The summed E-state index contributed by atoms with van der Waals surface area (Å²) < 4.78 is 22.7. The molecule has 1 amide bonds. The summed E-state index contributed by atoms with van der Waals surface area (Å²) in [5, 5.41) is 6.01. The van der Waals surface area contributed by atoms with E-state index in [2.05, 4.69) is 10.6 Å². The Morgan fingerprint density at radius 3 is 2.37 bits per heavy atom. The average molecular weight is 290 g/mol. The van der Waals surface area contributed by atoms with Crippen molar-refractivity contribution in [1.82, 2.24) is 10.6 Å². The maximum Gasteiger partial charge on any atom is 0.221 e. The van der Waals surface area contributed by atoms with Crippen LogP contribution in [0.2, 0.25) is 0 Å². The molecule has 0 saturated heterocycles. The highest BCUT2D eigenvalue weighted by atomic mass is 32.2. The van der Waals surface area contributed by atoms with Gasteiger partial charge in [0.1, 0.15) is 0 Å². The minimum atomic E-state index is -3.00. The number of amides is 1. The van der Waals surface area contributed by atoms with Crippen LogP contribution in [-0.2, 0) is 14.6 Å². The number of hydrogen-bond acceptors (Lipinski definition) is 4. The molecule has 0 atom stereocenters. The Balaban J connectivity index is 2.37. The molecule has 1 rings (SSSR count). The van der Waals surface area contributed by atoms with Crippen LogP contribution in [-0.4, -0.2) is 45.0 Å². The molecule has 0 aliphatic heterocycles. The van der Waals surface area contributed by atoms with Crippen LogP contribution in [0.4, 0.5) is 0 Å². The Kier molecular flexibility index (Phi) is 6.26. The van der Waals surface area contributed by atoms with Gasteiger partial charge in [-0.25, -0.2) is 8.42 Å². The number of sulfone groups is 1. The summed E-state index contributed by atoms with van der Waals surface area (Å²) in [5.74, 6) is 0.105. The largest absolute Gasteiger partial charge is 0.355 e. The lowest BCUT2D eigenvalue weighted by Crippen LogP contribution is -2.48. The highest BCUT2D eigenvalue weighted by Crippen LogP contribution is 2.30. The van der Waals surface area contributed by atoms with E-state index in [0.717, 1.165) is 25.7 Å². The second-order valence-corrected chi connectivity index (χ2v) is 7.83. The zero-order chi connectivity index (χ0) is 14.4. The minimum absolute atomic E-state index is 0.0296. The summed E-state index contributed by atoms with van der Waals surface area (Å²) in [7, 11) is -1.10. The molecule has 0 aromatic heterocycles. The van der Waals surface area contributed by atoms with E-state index in [1.807, 2.05) is 7.05 Å². The zero-order valence-electron chi connectivity index (χ0n) is 12.0. The summed E-state index contributed by atoms with van der Waals surface area (Å²) in [6.45, 7) is 1.84. The van der Waals surface area contributed by atoms with E-state index < -0.39 is 9.84 Å². The van der Waals surface area contributed by atoms with E-state index in [0.29, 0.717) is 6.42 Å². The van der Waals surface area contributed by atoms with Gasteiger partial charge in [0.05, 0.1) is 5.75 Å². The lowest BCUT2D eigenvalue weighted by molar-refractivity contribution is -0.122. The third-order valence-electron chi connectivity index (χ3n) is 4.01. The van der Waals surface area contributed by atoms with Gasteiger partial charge in [-0.1, -0.05) is 26.2 Å². The fourth-order valence-corrected chi connectivity index (χ4v) is 3.31. The molecule has 1 aliphatic rings. The lowest BCUT2D eigenvalue weighted by atomic mass is 9.79. The molecule has 0 heterocycles. The second kappa shape index (κ2) is 7.24. The molecule has 0 bridgehead atoms. The summed E-state index contributed by atoms with van der Waals surface area (Å²) in [5.41, 5.74) is -0.0913. The Morgan fingerprint density at radius 1 is 1.21 bits per heavy atom. The first-order chi connectivity index (χ1) is 8.93. The van der Waals surface area contributed by atoms with Crippen molar-refractivity contribution < 1.29 is 13.2 Å². The normalized spacial score (nSPS) is 19.1. The van der Waals surface area contributed by atoms with Crippen LogP contribution in [0, 0.1) is 0 Å². The smallest absolute Gasteiger partial charge is 0.221 e. The lowest BCUT2D eigenvalue weighted by Gasteiger charge is -2.36. The van der Waals surface area contributed by atoms with E-state index in [1.165, 1.54) is 6.42 Å². The summed E-state index contributed by atoms with van der Waals surface area (Å²) >= 11 is 0. The third-order valence-corrected chi connectivity index (χ3v) is 5.72. The molecule has 1 aliphatic carbocycles. The van der Waals surface area contributed by atoms with E-state index in [4.69, 9.17) is 0 Å². The quantitative estimate of drug-likeness (QED) is 0.729. The van der Waals surface area contributed by atoms with Gasteiger partial charge in [-0.15, -0.1) is 0 Å². The molecule has 6 heteroatoms. The predicted octanol–water partition coefficient (Wildman–Crippen LogP) is 0.850. The van der Waals surface area contributed by atoms with E-state index in [-0.39, 0.29) is 29.5 Å². The van der Waals surface area contributed by atoms with Crippen molar-refractivity contribution in [2.45, 2.75) is 51.0 Å². The fourth-order valence-electron chi connectivity index (χ4n) is 2.60. The fraction of sp³-hybridized carbons (Fsp3) is 0.923. The number of carbonyl (C=O) groups is 1. The molecule has 0 aromatic carbocycles. The Hall–Kier alpha value is -0.620. The maximum absolute atomic E-state index is 11.9. The molecule has 1 saturated carbocycles.